The molecule has 96 valence electrons. The van der Waals surface area contributed by atoms with Gasteiger partial charge in [-0.1, -0.05) is 42.5 Å². The van der Waals surface area contributed by atoms with Gasteiger partial charge in [-0.05, 0) is 29.7 Å². The molecule has 2 nitrogen and oxygen atoms in total. The fourth-order valence-corrected chi connectivity index (χ4v) is 2.59. The first-order valence-electron chi connectivity index (χ1n) is 6.61. The Morgan fingerprint density at radius 3 is 2.47 bits per heavy atom. The number of benzene rings is 2. The number of aromatic nitrogens is 1. The largest absolute Gasteiger partial charge is 0.343 e. The van der Waals surface area contributed by atoms with Crippen LogP contribution < -0.4 is 5.73 Å². The molecule has 0 aliphatic rings. The Morgan fingerprint density at radius 1 is 0.947 bits per heavy atom. The quantitative estimate of drug-likeness (QED) is 0.758. The Balaban J connectivity index is 2.09. The SMILES string of the molecule is Cc1ccccc1Cn1cc(CN)c2ccccc21. The molecule has 0 atom stereocenters. The number of nitrogens with zero attached hydrogens (tertiary/aromatic N) is 1. The predicted molar refractivity (Wildman–Crippen MR) is 80.1 cm³/mol. The lowest BCUT2D eigenvalue weighted by Crippen LogP contribution is -2.00. The monoisotopic (exact) mass is 250 g/mol. The van der Waals surface area contributed by atoms with E-state index in [2.05, 4.69) is 66.2 Å². The first-order valence-corrected chi connectivity index (χ1v) is 6.61. The van der Waals surface area contributed by atoms with Crippen molar-refractivity contribution in [2.24, 2.45) is 5.73 Å². The van der Waals surface area contributed by atoms with Crippen LogP contribution in [0.25, 0.3) is 10.9 Å². The molecule has 0 amide bonds. The van der Waals surface area contributed by atoms with Crippen LogP contribution in [-0.2, 0) is 13.1 Å². The van der Waals surface area contributed by atoms with Gasteiger partial charge < -0.3 is 10.3 Å². The highest BCUT2D eigenvalue weighted by Crippen LogP contribution is 2.22. The maximum Gasteiger partial charge on any atom is 0.0486 e. The highest BCUT2D eigenvalue weighted by atomic mass is 15.0. The molecule has 1 aromatic heterocycles. The van der Waals surface area contributed by atoms with E-state index in [1.807, 2.05) is 0 Å². The third kappa shape index (κ3) is 2.15. The summed E-state index contributed by atoms with van der Waals surface area (Å²) in [7, 11) is 0. The van der Waals surface area contributed by atoms with Crippen LogP contribution in [0.15, 0.2) is 54.7 Å². The van der Waals surface area contributed by atoms with E-state index in [-0.39, 0.29) is 0 Å². The normalized spacial score (nSPS) is 11.1. The van der Waals surface area contributed by atoms with Crippen LogP contribution in [0, 0.1) is 6.92 Å². The summed E-state index contributed by atoms with van der Waals surface area (Å²) >= 11 is 0. The van der Waals surface area contributed by atoms with Crippen molar-refractivity contribution >= 4 is 10.9 Å². The molecule has 19 heavy (non-hydrogen) atoms. The third-order valence-corrected chi connectivity index (χ3v) is 3.69. The minimum absolute atomic E-state index is 0.585. The minimum atomic E-state index is 0.585. The van der Waals surface area contributed by atoms with Gasteiger partial charge in [-0.25, -0.2) is 0 Å². The van der Waals surface area contributed by atoms with E-state index in [0.717, 1.165) is 6.54 Å². The number of para-hydroxylation sites is 1. The van der Waals surface area contributed by atoms with Gasteiger partial charge >= 0.3 is 0 Å². The fourth-order valence-electron chi connectivity index (χ4n) is 2.59. The average Bonchev–Trinajstić information content (AvgIpc) is 2.80. The molecule has 0 aliphatic heterocycles. The first-order chi connectivity index (χ1) is 9.29. The molecule has 3 aromatic rings. The highest BCUT2D eigenvalue weighted by molar-refractivity contribution is 5.84. The zero-order valence-corrected chi connectivity index (χ0v) is 11.1. The number of fused-ring (bicyclic) bond motifs is 1. The molecule has 0 unspecified atom stereocenters. The summed E-state index contributed by atoms with van der Waals surface area (Å²) in [4.78, 5) is 0. The van der Waals surface area contributed by atoms with Gasteiger partial charge in [-0.15, -0.1) is 0 Å². The van der Waals surface area contributed by atoms with Gasteiger partial charge in [0, 0.05) is 30.2 Å². The Morgan fingerprint density at radius 2 is 1.68 bits per heavy atom. The summed E-state index contributed by atoms with van der Waals surface area (Å²) in [6.45, 7) is 3.64. The van der Waals surface area contributed by atoms with E-state index in [1.165, 1.54) is 27.6 Å². The fraction of sp³-hybridized carbons (Fsp3) is 0.176. The lowest BCUT2D eigenvalue weighted by molar-refractivity contribution is 0.823. The standard InChI is InChI=1S/C17H18N2/c1-13-6-2-3-7-14(13)11-19-12-15(10-18)16-8-4-5-9-17(16)19/h2-9,12H,10-11,18H2,1H3. The van der Waals surface area contributed by atoms with Gasteiger partial charge in [0.2, 0.25) is 0 Å². The van der Waals surface area contributed by atoms with Crippen LogP contribution in [0.5, 0.6) is 0 Å². The summed E-state index contributed by atoms with van der Waals surface area (Å²) in [6, 6.07) is 17.0. The van der Waals surface area contributed by atoms with Crippen molar-refractivity contribution in [1.29, 1.82) is 0 Å². The Kier molecular flexibility index (Phi) is 3.10. The maximum absolute atomic E-state index is 5.84. The summed E-state index contributed by atoms with van der Waals surface area (Å²) in [5, 5.41) is 1.26. The van der Waals surface area contributed by atoms with E-state index in [0.29, 0.717) is 6.54 Å². The van der Waals surface area contributed by atoms with Crippen molar-refractivity contribution in [2.75, 3.05) is 0 Å². The molecule has 0 saturated carbocycles. The zero-order valence-electron chi connectivity index (χ0n) is 11.1. The second-order valence-electron chi connectivity index (χ2n) is 4.93. The highest BCUT2D eigenvalue weighted by Gasteiger charge is 2.07. The Bertz CT molecular complexity index is 710. The lowest BCUT2D eigenvalue weighted by Gasteiger charge is -2.08. The van der Waals surface area contributed by atoms with Crippen LogP contribution in [0.2, 0.25) is 0 Å². The minimum Gasteiger partial charge on any atom is -0.343 e. The third-order valence-electron chi connectivity index (χ3n) is 3.69. The topological polar surface area (TPSA) is 30.9 Å². The Labute approximate surface area is 113 Å². The summed E-state index contributed by atoms with van der Waals surface area (Å²) in [5.74, 6) is 0. The molecular formula is C17H18N2. The number of hydrogen-bond donors (Lipinski definition) is 1. The van der Waals surface area contributed by atoms with Crippen molar-refractivity contribution in [3.05, 3.63) is 71.4 Å². The van der Waals surface area contributed by atoms with Crippen LogP contribution in [0.1, 0.15) is 16.7 Å². The van der Waals surface area contributed by atoms with Crippen molar-refractivity contribution < 1.29 is 0 Å². The second kappa shape index (κ2) is 4.90. The van der Waals surface area contributed by atoms with Crippen LogP contribution in [0.3, 0.4) is 0 Å². The molecular weight excluding hydrogens is 232 g/mol. The summed E-state index contributed by atoms with van der Waals surface area (Å²) in [5.41, 5.74) is 11.0. The predicted octanol–water partition coefficient (Wildman–Crippen LogP) is 3.46. The molecule has 0 spiro atoms. The molecule has 0 fully saturated rings. The molecule has 1 heterocycles. The van der Waals surface area contributed by atoms with Gasteiger partial charge in [0.05, 0.1) is 0 Å². The lowest BCUT2D eigenvalue weighted by atomic mass is 10.1. The average molecular weight is 250 g/mol. The smallest absolute Gasteiger partial charge is 0.0486 e. The van der Waals surface area contributed by atoms with E-state index in [1.54, 1.807) is 0 Å². The first kappa shape index (κ1) is 12.0. The van der Waals surface area contributed by atoms with Gasteiger partial charge in [0.1, 0.15) is 0 Å². The van der Waals surface area contributed by atoms with Crippen molar-refractivity contribution in [3.63, 3.8) is 0 Å². The van der Waals surface area contributed by atoms with E-state index in [9.17, 15) is 0 Å². The maximum atomic E-state index is 5.84. The van der Waals surface area contributed by atoms with Crippen molar-refractivity contribution in [1.82, 2.24) is 4.57 Å². The Hall–Kier alpha value is -2.06. The number of nitrogens with two attached hydrogens (primary N) is 1. The molecule has 2 N–H and O–H groups in total. The molecule has 2 heteroatoms. The second-order valence-corrected chi connectivity index (χ2v) is 4.93. The molecule has 2 aromatic carbocycles. The van der Waals surface area contributed by atoms with E-state index >= 15 is 0 Å². The van der Waals surface area contributed by atoms with Crippen LogP contribution in [-0.4, -0.2) is 4.57 Å². The van der Waals surface area contributed by atoms with Crippen LogP contribution in [0.4, 0.5) is 0 Å². The molecule has 0 aliphatic carbocycles. The summed E-state index contributed by atoms with van der Waals surface area (Å²) in [6.07, 6.45) is 2.18. The molecule has 0 radical (unpaired) electrons. The van der Waals surface area contributed by atoms with E-state index < -0.39 is 0 Å². The van der Waals surface area contributed by atoms with Crippen molar-refractivity contribution in [3.8, 4) is 0 Å². The number of hydrogen-bond acceptors (Lipinski definition) is 1. The van der Waals surface area contributed by atoms with E-state index in [4.69, 9.17) is 5.73 Å². The molecule has 0 bridgehead atoms. The summed E-state index contributed by atoms with van der Waals surface area (Å²) < 4.78 is 2.29. The molecule has 0 saturated heterocycles. The van der Waals surface area contributed by atoms with Gasteiger partial charge in [0.15, 0.2) is 0 Å². The zero-order chi connectivity index (χ0) is 13.2. The van der Waals surface area contributed by atoms with Crippen molar-refractivity contribution in [2.45, 2.75) is 20.0 Å². The molecule has 3 rings (SSSR count). The van der Waals surface area contributed by atoms with Gasteiger partial charge in [-0.3, -0.25) is 0 Å². The number of rotatable bonds is 3. The number of aryl methyl sites for hydroxylation is 1. The van der Waals surface area contributed by atoms with Gasteiger partial charge in [-0.2, -0.15) is 0 Å². The van der Waals surface area contributed by atoms with Crippen LogP contribution >= 0.6 is 0 Å². The van der Waals surface area contributed by atoms with Gasteiger partial charge in [0.25, 0.3) is 0 Å².